The summed E-state index contributed by atoms with van der Waals surface area (Å²) >= 11 is 0. The number of carbonyl (C=O) groups excluding carboxylic acids is 1. The number of amides is 1. The molecular formula is C27H25NO3. The van der Waals surface area contributed by atoms with Gasteiger partial charge in [-0.15, -0.1) is 6.58 Å². The molecule has 0 unspecified atom stereocenters. The molecule has 0 spiro atoms. The number of carbonyl (C=O) groups is 1. The lowest BCUT2D eigenvalue weighted by Gasteiger charge is -2.54. The van der Waals surface area contributed by atoms with Crippen LogP contribution in [-0.4, -0.2) is 29.8 Å². The maximum absolute atomic E-state index is 13.4. The van der Waals surface area contributed by atoms with Crippen LogP contribution in [0.25, 0.3) is 6.08 Å². The number of anilines is 1. The van der Waals surface area contributed by atoms with Gasteiger partial charge in [-0.25, -0.2) is 0 Å². The molecule has 156 valence electrons. The molecule has 0 bridgehead atoms. The highest BCUT2D eigenvalue weighted by molar-refractivity contribution is 6.10. The molecule has 3 aromatic rings. The molecule has 1 aliphatic heterocycles. The molecule has 3 aromatic carbocycles. The lowest BCUT2D eigenvalue weighted by atomic mass is 9.69. The number of aliphatic hydroxyl groups is 1. The van der Waals surface area contributed by atoms with E-state index in [4.69, 9.17) is 4.74 Å². The predicted octanol–water partition coefficient (Wildman–Crippen LogP) is 4.82. The van der Waals surface area contributed by atoms with E-state index in [9.17, 15) is 9.90 Å². The highest BCUT2D eigenvalue weighted by atomic mass is 16.5. The minimum Gasteiger partial charge on any atom is -0.497 e. The van der Waals surface area contributed by atoms with Crippen molar-refractivity contribution < 1.29 is 14.6 Å². The molecule has 0 radical (unpaired) electrons. The van der Waals surface area contributed by atoms with Gasteiger partial charge in [0.05, 0.1) is 13.2 Å². The van der Waals surface area contributed by atoms with Gasteiger partial charge in [0.2, 0.25) is 0 Å². The first-order valence-electron chi connectivity index (χ1n) is 10.2. The van der Waals surface area contributed by atoms with Gasteiger partial charge in [-0.2, -0.15) is 0 Å². The lowest BCUT2D eigenvalue weighted by Crippen LogP contribution is -2.75. The third-order valence-electron chi connectivity index (χ3n) is 5.78. The Morgan fingerprint density at radius 1 is 1.00 bits per heavy atom. The monoisotopic (exact) mass is 411 g/mol. The molecule has 31 heavy (non-hydrogen) atoms. The van der Waals surface area contributed by atoms with E-state index in [0.717, 1.165) is 11.1 Å². The summed E-state index contributed by atoms with van der Waals surface area (Å²) in [4.78, 5) is 15.0. The summed E-state index contributed by atoms with van der Waals surface area (Å²) in [5, 5.41) is 11.7. The fourth-order valence-corrected chi connectivity index (χ4v) is 4.14. The Bertz CT molecular complexity index is 1080. The van der Waals surface area contributed by atoms with Crippen molar-refractivity contribution in [2.75, 3.05) is 12.0 Å². The van der Waals surface area contributed by atoms with Gasteiger partial charge in [0.25, 0.3) is 5.91 Å². The number of nitrogens with zero attached hydrogens (tertiary/aromatic N) is 1. The van der Waals surface area contributed by atoms with Crippen LogP contribution in [0.15, 0.2) is 104 Å². The Labute approximate surface area is 182 Å². The number of β-lactam (4-membered cyclic amide) rings is 1. The number of rotatable bonds is 7. The standard InChI is InChI=1S/C27H25NO3/c1-3-24(21-12-8-5-9-13-21)27(30)25(19-14-20-10-6-4-7-11-20)28(26(27)29)22-15-17-23(31-2)18-16-22/h3-19,24-25,30H,1H2,2H3/b19-14+/t24-,25-,27+/m0/s1. The zero-order valence-electron chi connectivity index (χ0n) is 17.4. The third-order valence-corrected chi connectivity index (χ3v) is 5.78. The van der Waals surface area contributed by atoms with Crippen LogP contribution in [-0.2, 0) is 4.79 Å². The molecule has 1 amide bonds. The minimum atomic E-state index is -1.63. The number of benzene rings is 3. The Balaban J connectivity index is 1.75. The van der Waals surface area contributed by atoms with E-state index in [1.807, 2.05) is 84.9 Å². The zero-order chi connectivity index (χ0) is 21.8. The highest BCUT2D eigenvalue weighted by Crippen LogP contribution is 2.46. The summed E-state index contributed by atoms with van der Waals surface area (Å²) in [5.74, 6) is -0.188. The molecule has 4 nitrogen and oxygen atoms in total. The molecule has 1 heterocycles. The van der Waals surface area contributed by atoms with Gasteiger partial charge in [0, 0.05) is 11.6 Å². The topological polar surface area (TPSA) is 49.8 Å². The predicted molar refractivity (Wildman–Crippen MR) is 124 cm³/mol. The summed E-state index contributed by atoms with van der Waals surface area (Å²) in [7, 11) is 1.60. The van der Waals surface area contributed by atoms with Crippen LogP contribution >= 0.6 is 0 Å². The normalized spacial score (nSPS) is 21.5. The fraction of sp³-hybridized carbons (Fsp3) is 0.148. The van der Waals surface area contributed by atoms with Crippen LogP contribution in [0, 0.1) is 0 Å². The first kappa shape index (κ1) is 20.6. The number of methoxy groups -OCH3 is 1. The molecule has 3 atom stereocenters. The van der Waals surface area contributed by atoms with Crippen LogP contribution in [0.2, 0.25) is 0 Å². The molecule has 0 saturated carbocycles. The van der Waals surface area contributed by atoms with Crippen molar-refractivity contribution in [1.29, 1.82) is 0 Å². The summed E-state index contributed by atoms with van der Waals surface area (Å²) in [5.41, 5.74) is 0.914. The Morgan fingerprint density at radius 2 is 1.61 bits per heavy atom. The van der Waals surface area contributed by atoms with Gasteiger partial charge < -0.3 is 9.84 Å². The van der Waals surface area contributed by atoms with E-state index in [1.54, 1.807) is 30.2 Å². The first-order valence-corrected chi connectivity index (χ1v) is 10.2. The summed E-state index contributed by atoms with van der Waals surface area (Å²) in [6.07, 6.45) is 5.48. The summed E-state index contributed by atoms with van der Waals surface area (Å²) in [6.45, 7) is 3.92. The van der Waals surface area contributed by atoms with E-state index >= 15 is 0 Å². The van der Waals surface area contributed by atoms with Crippen molar-refractivity contribution in [3.63, 3.8) is 0 Å². The summed E-state index contributed by atoms with van der Waals surface area (Å²) in [6, 6.07) is 26.0. The SMILES string of the molecule is C=C[C@@H](c1ccccc1)[C@]1(O)C(=O)N(c2ccc(OC)cc2)[C@H]1/C=C/c1ccccc1. The zero-order valence-corrected chi connectivity index (χ0v) is 17.4. The van der Waals surface area contributed by atoms with Crippen LogP contribution in [0.4, 0.5) is 5.69 Å². The van der Waals surface area contributed by atoms with E-state index in [0.29, 0.717) is 11.4 Å². The Hall–Kier alpha value is -3.63. The van der Waals surface area contributed by atoms with Crippen molar-refractivity contribution in [2.24, 2.45) is 0 Å². The van der Waals surface area contributed by atoms with Gasteiger partial charge in [0.1, 0.15) is 5.75 Å². The number of hydrogen-bond donors (Lipinski definition) is 1. The van der Waals surface area contributed by atoms with Crippen LogP contribution in [0.3, 0.4) is 0 Å². The fourth-order valence-electron chi connectivity index (χ4n) is 4.14. The second kappa shape index (κ2) is 8.62. The van der Waals surface area contributed by atoms with E-state index in [1.165, 1.54) is 0 Å². The molecule has 4 heteroatoms. The van der Waals surface area contributed by atoms with Crippen molar-refractivity contribution in [3.05, 3.63) is 115 Å². The second-order valence-corrected chi connectivity index (χ2v) is 7.54. The van der Waals surface area contributed by atoms with Crippen molar-refractivity contribution in [2.45, 2.75) is 17.6 Å². The second-order valence-electron chi connectivity index (χ2n) is 7.54. The lowest BCUT2D eigenvalue weighted by molar-refractivity contribution is -0.152. The molecular weight excluding hydrogens is 386 g/mol. The van der Waals surface area contributed by atoms with Gasteiger partial charge in [-0.1, -0.05) is 78.9 Å². The van der Waals surface area contributed by atoms with Crippen LogP contribution in [0.5, 0.6) is 5.75 Å². The highest BCUT2D eigenvalue weighted by Gasteiger charge is 2.63. The largest absolute Gasteiger partial charge is 0.497 e. The molecule has 4 rings (SSSR count). The van der Waals surface area contributed by atoms with Gasteiger partial charge in [-0.05, 0) is 35.4 Å². The molecule has 1 aliphatic rings. The summed E-state index contributed by atoms with van der Waals surface area (Å²) < 4.78 is 5.23. The van der Waals surface area contributed by atoms with Gasteiger partial charge >= 0.3 is 0 Å². The van der Waals surface area contributed by atoms with Crippen molar-refractivity contribution >= 4 is 17.7 Å². The molecule has 1 fully saturated rings. The van der Waals surface area contributed by atoms with E-state index in [-0.39, 0.29) is 5.91 Å². The maximum Gasteiger partial charge on any atom is 0.263 e. The quantitative estimate of drug-likeness (QED) is 0.448. The van der Waals surface area contributed by atoms with Crippen LogP contribution in [0.1, 0.15) is 17.0 Å². The number of hydrogen-bond acceptors (Lipinski definition) is 3. The molecule has 1 N–H and O–H groups in total. The molecule has 0 aromatic heterocycles. The van der Waals surface area contributed by atoms with Gasteiger partial charge in [0.15, 0.2) is 5.60 Å². The Morgan fingerprint density at radius 3 is 2.19 bits per heavy atom. The molecule has 1 saturated heterocycles. The average molecular weight is 412 g/mol. The van der Waals surface area contributed by atoms with Crippen LogP contribution < -0.4 is 9.64 Å². The van der Waals surface area contributed by atoms with Crippen molar-refractivity contribution in [3.8, 4) is 5.75 Å². The number of ether oxygens (including phenoxy) is 1. The minimum absolute atomic E-state index is 0.353. The third kappa shape index (κ3) is 3.66. The first-order chi connectivity index (χ1) is 15.1. The maximum atomic E-state index is 13.4. The molecule has 0 aliphatic carbocycles. The van der Waals surface area contributed by atoms with Crippen molar-refractivity contribution in [1.82, 2.24) is 0 Å². The van der Waals surface area contributed by atoms with E-state index < -0.39 is 17.6 Å². The van der Waals surface area contributed by atoms with Gasteiger partial charge in [-0.3, -0.25) is 9.69 Å². The Kier molecular flexibility index (Phi) is 5.74. The van der Waals surface area contributed by atoms with E-state index in [2.05, 4.69) is 6.58 Å². The smallest absolute Gasteiger partial charge is 0.263 e. The average Bonchev–Trinajstić information content (AvgIpc) is 2.83.